The fraction of sp³-hybridized carbons (Fsp3) is 0.222. The van der Waals surface area contributed by atoms with E-state index in [4.69, 9.17) is 23.2 Å². The molecule has 0 unspecified atom stereocenters. The van der Waals surface area contributed by atoms with Gasteiger partial charge in [-0.1, -0.05) is 29.3 Å². The highest BCUT2D eigenvalue weighted by Crippen LogP contribution is 2.28. The first-order valence-corrected chi connectivity index (χ1v) is 4.69. The molecule has 0 aliphatic carbocycles. The summed E-state index contributed by atoms with van der Waals surface area (Å²) in [6.07, 6.45) is 2.22. The number of rotatable bonds is 0. The molecule has 0 bridgehead atoms. The molecular formula is C9H7Cl2NO. The lowest BCUT2D eigenvalue weighted by Crippen LogP contribution is -2.17. The molecular weight excluding hydrogens is 209 g/mol. The second-order valence-corrected chi connectivity index (χ2v) is 3.74. The maximum Gasteiger partial charge on any atom is 0.183 e. The average molecular weight is 216 g/mol. The summed E-state index contributed by atoms with van der Waals surface area (Å²) in [5, 5.41) is 12.0. The molecule has 0 amide bonds. The second kappa shape index (κ2) is 3.20. The monoisotopic (exact) mass is 215 g/mol. The third-order valence-corrected chi connectivity index (χ3v) is 2.92. The first kappa shape index (κ1) is 8.85. The van der Waals surface area contributed by atoms with Crippen molar-refractivity contribution in [3.8, 4) is 0 Å². The Balaban J connectivity index is 2.63. The highest BCUT2D eigenvalue weighted by atomic mass is 35.5. The van der Waals surface area contributed by atoms with E-state index in [9.17, 15) is 5.21 Å². The standard InChI is InChI=1S/C9H7Cl2NO/c10-8-2-1-6-3-4-12(13)5-7(6)9(8)11/h1-2,5H,3-4H2. The van der Waals surface area contributed by atoms with Gasteiger partial charge >= 0.3 is 0 Å². The average Bonchev–Trinajstić information content (AvgIpc) is 2.12. The minimum Gasteiger partial charge on any atom is -0.624 e. The maximum atomic E-state index is 11.0. The molecule has 0 saturated carbocycles. The van der Waals surface area contributed by atoms with Crippen molar-refractivity contribution in [3.05, 3.63) is 38.5 Å². The lowest BCUT2D eigenvalue weighted by Gasteiger charge is -2.14. The Labute approximate surface area is 86.0 Å². The summed E-state index contributed by atoms with van der Waals surface area (Å²) in [5.74, 6) is 0. The number of hydroxylamine groups is 1. The fourth-order valence-electron chi connectivity index (χ4n) is 1.40. The molecule has 13 heavy (non-hydrogen) atoms. The molecule has 1 aromatic carbocycles. The summed E-state index contributed by atoms with van der Waals surface area (Å²) in [6, 6.07) is 3.67. The molecule has 2 rings (SSSR count). The van der Waals surface area contributed by atoms with Crippen LogP contribution in [0.3, 0.4) is 0 Å². The normalized spacial score (nSPS) is 15.1. The van der Waals surface area contributed by atoms with Crippen LogP contribution in [0.5, 0.6) is 0 Å². The summed E-state index contributed by atoms with van der Waals surface area (Å²) >= 11 is 11.8. The van der Waals surface area contributed by atoms with Gasteiger partial charge in [0.15, 0.2) is 12.8 Å². The molecule has 1 aliphatic rings. The minimum atomic E-state index is 0.472. The number of halogens is 2. The van der Waals surface area contributed by atoms with Gasteiger partial charge in [-0.2, -0.15) is 0 Å². The van der Waals surface area contributed by atoms with E-state index in [0.29, 0.717) is 16.6 Å². The van der Waals surface area contributed by atoms with Crippen molar-refractivity contribution in [2.24, 2.45) is 0 Å². The van der Waals surface area contributed by atoms with Gasteiger partial charge in [0.2, 0.25) is 0 Å². The first-order valence-electron chi connectivity index (χ1n) is 3.94. The van der Waals surface area contributed by atoms with E-state index in [1.807, 2.05) is 6.07 Å². The zero-order valence-electron chi connectivity index (χ0n) is 6.76. The van der Waals surface area contributed by atoms with Gasteiger partial charge in [-0.05, 0) is 11.6 Å². The largest absolute Gasteiger partial charge is 0.624 e. The minimum absolute atomic E-state index is 0.472. The van der Waals surface area contributed by atoms with Crippen molar-refractivity contribution in [1.29, 1.82) is 0 Å². The van der Waals surface area contributed by atoms with Crippen molar-refractivity contribution in [3.63, 3.8) is 0 Å². The Hall–Kier alpha value is -0.730. The smallest absolute Gasteiger partial charge is 0.183 e. The van der Waals surface area contributed by atoms with Gasteiger partial charge in [-0.15, -0.1) is 0 Å². The SMILES string of the molecule is [O-][N+]1=Cc2c(ccc(Cl)c2Cl)CC1. The Morgan fingerprint density at radius 2 is 2.08 bits per heavy atom. The molecule has 0 radical (unpaired) electrons. The van der Waals surface area contributed by atoms with Crippen molar-refractivity contribution >= 4 is 29.4 Å². The molecule has 1 aromatic rings. The quantitative estimate of drug-likeness (QED) is 0.483. The summed E-state index contributed by atoms with van der Waals surface area (Å²) in [7, 11) is 0. The van der Waals surface area contributed by atoms with Crippen LogP contribution in [0.2, 0.25) is 10.0 Å². The Kier molecular flexibility index (Phi) is 2.18. The highest BCUT2D eigenvalue weighted by Gasteiger charge is 2.16. The van der Waals surface area contributed by atoms with E-state index in [-0.39, 0.29) is 0 Å². The molecule has 1 aliphatic heterocycles. The molecule has 0 aromatic heterocycles. The van der Waals surface area contributed by atoms with Gasteiger partial charge in [0.05, 0.1) is 15.6 Å². The van der Waals surface area contributed by atoms with Crippen molar-refractivity contribution in [2.75, 3.05) is 6.54 Å². The number of nitrogens with zero attached hydrogens (tertiary/aromatic N) is 1. The van der Waals surface area contributed by atoms with Crippen LogP contribution in [0.1, 0.15) is 11.1 Å². The predicted octanol–water partition coefficient (Wildman–Crippen LogP) is 2.48. The van der Waals surface area contributed by atoms with E-state index in [1.54, 1.807) is 6.07 Å². The van der Waals surface area contributed by atoms with Crippen LogP contribution in [0.15, 0.2) is 12.1 Å². The van der Waals surface area contributed by atoms with E-state index in [2.05, 4.69) is 0 Å². The molecule has 0 fully saturated rings. The van der Waals surface area contributed by atoms with Crippen LogP contribution in [0.4, 0.5) is 0 Å². The summed E-state index contributed by atoms with van der Waals surface area (Å²) in [6.45, 7) is 0.491. The van der Waals surface area contributed by atoms with Crippen LogP contribution < -0.4 is 0 Å². The summed E-state index contributed by atoms with van der Waals surface area (Å²) in [4.78, 5) is 0. The summed E-state index contributed by atoms with van der Waals surface area (Å²) in [5.41, 5.74) is 1.84. The maximum absolute atomic E-state index is 11.0. The van der Waals surface area contributed by atoms with E-state index in [0.717, 1.165) is 22.3 Å². The number of hydrogen-bond donors (Lipinski definition) is 0. The van der Waals surface area contributed by atoms with Gasteiger partial charge in [-0.3, -0.25) is 0 Å². The van der Waals surface area contributed by atoms with E-state index >= 15 is 0 Å². The lowest BCUT2D eigenvalue weighted by atomic mass is 10.0. The Morgan fingerprint density at radius 1 is 1.31 bits per heavy atom. The number of benzene rings is 1. The lowest BCUT2D eigenvalue weighted by molar-refractivity contribution is -0.453. The predicted molar refractivity (Wildman–Crippen MR) is 53.8 cm³/mol. The molecule has 68 valence electrons. The van der Waals surface area contributed by atoms with Crippen molar-refractivity contribution < 1.29 is 4.74 Å². The molecule has 1 heterocycles. The summed E-state index contributed by atoms with van der Waals surface area (Å²) < 4.78 is 0.880. The van der Waals surface area contributed by atoms with Crippen LogP contribution >= 0.6 is 23.2 Å². The van der Waals surface area contributed by atoms with E-state index in [1.165, 1.54) is 6.21 Å². The Morgan fingerprint density at radius 3 is 2.85 bits per heavy atom. The van der Waals surface area contributed by atoms with Crippen LogP contribution in [0, 0.1) is 5.21 Å². The van der Waals surface area contributed by atoms with Crippen LogP contribution in [0.25, 0.3) is 0 Å². The number of fused-ring (bicyclic) bond motifs is 1. The number of hydrogen-bond acceptors (Lipinski definition) is 1. The molecule has 2 nitrogen and oxygen atoms in total. The zero-order valence-corrected chi connectivity index (χ0v) is 8.27. The van der Waals surface area contributed by atoms with Gasteiger partial charge < -0.3 is 5.21 Å². The third kappa shape index (κ3) is 1.52. The molecule has 4 heteroatoms. The van der Waals surface area contributed by atoms with E-state index < -0.39 is 0 Å². The van der Waals surface area contributed by atoms with Crippen molar-refractivity contribution in [1.82, 2.24) is 0 Å². The molecule has 0 saturated heterocycles. The van der Waals surface area contributed by atoms with Gasteiger partial charge in [0, 0.05) is 6.42 Å². The third-order valence-electron chi connectivity index (χ3n) is 2.10. The van der Waals surface area contributed by atoms with Gasteiger partial charge in [0.25, 0.3) is 0 Å². The van der Waals surface area contributed by atoms with Crippen LogP contribution in [-0.2, 0) is 6.42 Å². The van der Waals surface area contributed by atoms with Crippen molar-refractivity contribution in [2.45, 2.75) is 6.42 Å². The van der Waals surface area contributed by atoms with Crippen LogP contribution in [-0.4, -0.2) is 17.5 Å². The molecule has 0 N–H and O–H groups in total. The fourth-order valence-corrected chi connectivity index (χ4v) is 1.80. The highest BCUT2D eigenvalue weighted by molar-refractivity contribution is 6.43. The molecule has 0 atom stereocenters. The van der Waals surface area contributed by atoms with Gasteiger partial charge in [-0.25, -0.2) is 4.74 Å². The molecule has 0 spiro atoms. The Bertz CT molecular complexity index is 387. The topological polar surface area (TPSA) is 26.1 Å². The first-order chi connectivity index (χ1) is 6.18. The van der Waals surface area contributed by atoms with Gasteiger partial charge in [0.1, 0.15) is 0 Å². The zero-order chi connectivity index (χ0) is 9.42. The second-order valence-electron chi connectivity index (χ2n) is 2.95.